The molecule has 0 aliphatic carbocycles. The highest BCUT2D eigenvalue weighted by molar-refractivity contribution is 6.07. The molecule has 2 aromatic rings. The number of methoxy groups -OCH3 is 1. The number of aromatic amines is 1. The Labute approximate surface area is 127 Å². The first-order valence-corrected chi connectivity index (χ1v) is 6.14. The van der Waals surface area contributed by atoms with Crippen molar-refractivity contribution < 1.29 is 28.9 Å². The van der Waals surface area contributed by atoms with Crippen LogP contribution in [0.3, 0.4) is 0 Å². The number of nitrogens with two attached hydrogens (primary N) is 1. The summed E-state index contributed by atoms with van der Waals surface area (Å²) in [4.78, 5) is 36.6. The highest BCUT2D eigenvalue weighted by atomic mass is 19.1. The second kappa shape index (κ2) is 5.79. The molecular formula is C14H11FN2O6. The smallest absolute Gasteiger partial charge is 0.342 e. The van der Waals surface area contributed by atoms with Gasteiger partial charge >= 0.3 is 11.9 Å². The quantitative estimate of drug-likeness (QED) is 0.661. The summed E-state index contributed by atoms with van der Waals surface area (Å²) in [5.74, 6) is -4.69. The number of carboxylic acid groups (broad SMARTS) is 2. The Bertz CT molecular complexity index is 874. The van der Waals surface area contributed by atoms with Crippen molar-refractivity contribution in [1.82, 2.24) is 4.98 Å². The molecule has 1 aromatic carbocycles. The third kappa shape index (κ3) is 2.71. The minimum Gasteiger partial charge on any atom is -0.497 e. The zero-order chi connectivity index (χ0) is 17.3. The van der Waals surface area contributed by atoms with Crippen LogP contribution in [0.15, 0.2) is 23.0 Å². The molecule has 0 aliphatic rings. The maximum Gasteiger partial charge on any atom is 0.342 e. The van der Waals surface area contributed by atoms with Crippen molar-refractivity contribution >= 4 is 17.8 Å². The van der Waals surface area contributed by atoms with Gasteiger partial charge in [0.1, 0.15) is 28.5 Å². The summed E-state index contributed by atoms with van der Waals surface area (Å²) in [6.45, 7) is 0. The highest BCUT2D eigenvalue weighted by Gasteiger charge is 2.28. The topological polar surface area (TPSA) is 143 Å². The van der Waals surface area contributed by atoms with E-state index in [1.54, 1.807) is 0 Å². The lowest BCUT2D eigenvalue weighted by Gasteiger charge is -2.13. The number of anilines is 1. The van der Waals surface area contributed by atoms with Crippen LogP contribution < -0.4 is 16.0 Å². The van der Waals surface area contributed by atoms with E-state index in [9.17, 15) is 29.0 Å². The van der Waals surface area contributed by atoms with Gasteiger partial charge in [0.2, 0.25) is 0 Å². The number of hydrogen-bond acceptors (Lipinski definition) is 5. The van der Waals surface area contributed by atoms with Gasteiger partial charge in [-0.05, 0) is 18.2 Å². The first kappa shape index (κ1) is 16.0. The molecule has 5 N–H and O–H groups in total. The number of aromatic carboxylic acids is 2. The van der Waals surface area contributed by atoms with Crippen LogP contribution in [0.1, 0.15) is 20.7 Å². The summed E-state index contributed by atoms with van der Waals surface area (Å²) >= 11 is 0. The zero-order valence-electron chi connectivity index (χ0n) is 11.7. The van der Waals surface area contributed by atoms with Crippen molar-refractivity contribution in [3.8, 4) is 16.9 Å². The van der Waals surface area contributed by atoms with E-state index in [4.69, 9.17) is 10.5 Å². The van der Waals surface area contributed by atoms with Gasteiger partial charge < -0.3 is 25.7 Å². The number of carbonyl (C=O) groups is 2. The van der Waals surface area contributed by atoms with Crippen LogP contribution in [-0.4, -0.2) is 34.2 Å². The summed E-state index contributed by atoms with van der Waals surface area (Å²) in [6.07, 6.45) is 0. The number of pyridine rings is 1. The molecule has 0 saturated heterocycles. The number of ether oxygens (including phenoxy) is 1. The van der Waals surface area contributed by atoms with Crippen molar-refractivity contribution in [2.24, 2.45) is 0 Å². The number of rotatable bonds is 4. The number of aromatic nitrogens is 1. The molecule has 0 atom stereocenters. The average Bonchev–Trinajstić information content (AvgIpc) is 2.46. The fourth-order valence-corrected chi connectivity index (χ4v) is 2.14. The lowest BCUT2D eigenvalue weighted by Crippen LogP contribution is -2.24. The van der Waals surface area contributed by atoms with Gasteiger partial charge in [-0.25, -0.2) is 14.0 Å². The van der Waals surface area contributed by atoms with E-state index in [0.29, 0.717) is 0 Å². The van der Waals surface area contributed by atoms with E-state index in [2.05, 4.69) is 0 Å². The molecule has 9 heteroatoms. The lowest BCUT2D eigenvalue weighted by molar-refractivity contribution is 0.0695. The normalized spacial score (nSPS) is 10.3. The molecule has 0 unspecified atom stereocenters. The number of benzene rings is 1. The zero-order valence-corrected chi connectivity index (χ0v) is 11.7. The van der Waals surface area contributed by atoms with Crippen molar-refractivity contribution in [2.45, 2.75) is 0 Å². The van der Waals surface area contributed by atoms with Gasteiger partial charge in [0.05, 0.1) is 7.11 Å². The number of carboxylic acids is 2. The van der Waals surface area contributed by atoms with E-state index in [0.717, 1.165) is 12.1 Å². The van der Waals surface area contributed by atoms with Crippen LogP contribution in [0.2, 0.25) is 0 Å². The van der Waals surface area contributed by atoms with Gasteiger partial charge in [-0.15, -0.1) is 0 Å². The largest absolute Gasteiger partial charge is 0.497 e. The first-order chi connectivity index (χ1) is 10.8. The third-order valence-corrected chi connectivity index (χ3v) is 3.12. The Morgan fingerprint density at radius 2 is 1.83 bits per heavy atom. The van der Waals surface area contributed by atoms with Crippen LogP contribution in [0.25, 0.3) is 11.1 Å². The van der Waals surface area contributed by atoms with Crippen molar-refractivity contribution in [3.63, 3.8) is 0 Å². The molecule has 0 radical (unpaired) electrons. The first-order valence-electron chi connectivity index (χ1n) is 6.14. The third-order valence-electron chi connectivity index (χ3n) is 3.12. The Morgan fingerprint density at radius 3 is 2.35 bits per heavy atom. The van der Waals surface area contributed by atoms with E-state index in [1.165, 1.54) is 13.2 Å². The summed E-state index contributed by atoms with van der Waals surface area (Å²) < 4.78 is 19.1. The summed E-state index contributed by atoms with van der Waals surface area (Å²) in [5, 5.41) is 18.5. The second-order valence-corrected chi connectivity index (χ2v) is 4.45. The molecule has 23 heavy (non-hydrogen) atoms. The minimum atomic E-state index is -1.72. The molecule has 0 aliphatic heterocycles. The van der Waals surface area contributed by atoms with Gasteiger partial charge in [0.25, 0.3) is 5.56 Å². The number of H-pyrrole nitrogens is 1. The molecule has 2 rings (SSSR count). The molecular weight excluding hydrogens is 311 g/mol. The predicted octanol–water partition coefficient (Wildman–Crippen LogP) is 1.17. The fraction of sp³-hybridized carbons (Fsp3) is 0.0714. The standard InChI is InChI=1S/C14H11FN2O6/c1-23-5-2-3-7(15)6(4-5)8-9(13(19)20)11(16)17-12(18)10(8)14(21)22/h2-4H,1H3,(H,19,20)(H,21,22)(H3,16,17,18). The summed E-state index contributed by atoms with van der Waals surface area (Å²) in [5.41, 5.74) is 1.64. The maximum absolute atomic E-state index is 14.1. The predicted molar refractivity (Wildman–Crippen MR) is 77.3 cm³/mol. The van der Waals surface area contributed by atoms with E-state index < -0.39 is 51.4 Å². The molecule has 120 valence electrons. The summed E-state index contributed by atoms with van der Waals surface area (Å²) in [7, 11) is 1.29. The number of halogens is 1. The molecule has 8 nitrogen and oxygen atoms in total. The number of nitrogens with one attached hydrogen (secondary N) is 1. The average molecular weight is 322 g/mol. The van der Waals surface area contributed by atoms with E-state index in [1.807, 2.05) is 4.98 Å². The Balaban J connectivity index is 3.03. The molecule has 1 aromatic heterocycles. The van der Waals surface area contributed by atoms with Crippen LogP contribution in [0.4, 0.5) is 10.2 Å². The second-order valence-electron chi connectivity index (χ2n) is 4.45. The van der Waals surface area contributed by atoms with Crippen molar-refractivity contribution in [2.75, 3.05) is 12.8 Å². The molecule has 0 spiro atoms. The molecule has 0 saturated carbocycles. The van der Waals surface area contributed by atoms with Crippen LogP contribution in [0.5, 0.6) is 5.75 Å². The van der Waals surface area contributed by atoms with Gasteiger partial charge in [-0.2, -0.15) is 0 Å². The summed E-state index contributed by atoms with van der Waals surface area (Å²) in [6, 6.07) is 3.31. The van der Waals surface area contributed by atoms with Crippen LogP contribution >= 0.6 is 0 Å². The maximum atomic E-state index is 14.1. The van der Waals surface area contributed by atoms with Crippen molar-refractivity contribution in [3.05, 3.63) is 45.5 Å². The number of nitrogen functional groups attached to an aromatic ring is 1. The van der Waals surface area contributed by atoms with Gasteiger partial charge in [-0.3, -0.25) is 4.79 Å². The molecule has 0 bridgehead atoms. The Morgan fingerprint density at radius 1 is 1.22 bits per heavy atom. The van der Waals surface area contributed by atoms with Crippen LogP contribution in [0, 0.1) is 5.82 Å². The molecule has 0 amide bonds. The van der Waals surface area contributed by atoms with Gasteiger partial charge in [-0.1, -0.05) is 0 Å². The molecule has 1 heterocycles. The Hall–Kier alpha value is -3.36. The Kier molecular flexibility index (Phi) is 4.04. The minimum absolute atomic E-state index is 0.146. The van der Waals surface area contributed by atoms with E-state index >= 15 is 0 Å². The highest BCUT2D eigenvalue weighted by Crippen LogP contribution is 2.33. The number of hydrogen-bond donors (Lipinski definition) is 4. The van der Waals surface area contributed by atoms with E-state index in [-0.39, 0.29) is 5.75 Å². The monoisotopic (exact) mass is 322 g/mol. The fourth-order valence-electron chi connectivity index (χ4n) is 2.14. The molecule has 0 fully saturated rings. The lowest BCUT2D eigenvalue weighted by atomic mass is 9.95. The van der Waals surface area contributed by atoms with Gasteiger partial charge in [0.15, 0.2) is 0 Å². The van der Waals surface area contributed by atoms with Crippen LogP contribution in [-0.2, 0) is 0 Å². The van der Waals surface area contributed by atoms with Gasteiger partial charge in [0, 0.05) is 11.1 Å². The van der Waals surface area contributed by atoms with Crippen molar-refractivity contribution in [1.29, 1.82) is 0 Å². The SMILES string of the molecule is COc1ccc(F)c(-c2c(C(=O)O)c(N)[nH]c(=O)c2C(=O)O)c1.